The Hall–Kier alpha value is -2.63. The van der Waals surface area contributed by atoms with Gasteiger partial charge in [0.15, 0.2) is 0 Å². The highest BCUT2D eigenvalue weighted by Gasteiger charge is 2.19. The van der Waals surface area contributed by atoms with E-state index < -0.39 is 0 Å². The van der Waals surface area contributed by atoms with Crippen LogP contribution in [0.25, 0.3) is 0 Å². The number of rotatable bonds is 5. The number of hydrogen-bond donors (Lipinski definition) is 0. The first-order chi connectivity index (χ1) is 9.69. The first kappa shape index (κ1) is 13.8. The monoisotopic (exact) mass is 274 g/mol. The van der Waals surface area contributed by atoms with Crippen molar-refractivity contribution >= 4 is 5.78 Å². The summed E-state index contributed by atoms with van der Waals surface area (Å²) >= 11 is 0. The summed E-state index contributed by atoms with van der Waals surface area (Å²) in [7, 11) is 4.41. The summed E-state index contributed by atoms with van der Waals surface area (Å²) in [4.78, 5) is 20.5. The molecule has 0 atom stereocenters. The van der Waals surface area contributed by atoms with Crippen molar-refractivity contribution in [1.29, 1.82) is 0 Å². The van der Waals surface area contributed by atoms with Gasteiger partial charge in [-0.15, -0.1) is 0 Å². The smallest absolute Gasteiger partial charge is 0.234 e. The van der Waals surface area contributed by atoms with Gasteiger partial charge in [-0.05, 0) is 12.1 Å². The zero-order valence-corrected chi connectivity index (χ0v) is 11.4. The molecule has 2 rings (SSSR count). The molecule has 20 heavy (non-hydrogen) atoms. The van der Waals surface area contributed by atoms with E-state index in [9.17, 15) is 4.79 Å². The molecule has 0 saturated heterocycles. The van der Waals surface area contributed by atoms with E-state index >= 15 is 0 Å². The Labute approximate surface area is 116 Å². The van der Waals surface area contributed by atoms with Crippen LogP contribution < -0.4 is 14.2 Å². The van der Waals surface area contributed by atoms with E-state index in [0.29, 0.717) is 11.3 Å². The third kappa shape index (κ3) is 2.69. The SMILES string of the molecule is COc1cc(OC)nc(C(=O)c2ccccc2OC)n1. The maximum atomic E-state index is 12.4. The second-order valence-electron chi connectivity index (χ2n) is 3.81. The van der Waals surface area contributed by atoms with Crippen LogP contribution in [0.1, 0.15) is 16.2 Å². The highest BCUT2D eigenvalue weighted by Crippen LogP contribution is 2.22. The molecule has 0 fully saturated rings. The topological polar surface area (TPSA) is 70.5 Å². The van der Waals surface area contributed by atoms with Gasteiger partial charge in [0, 0.05) is 0 Å². The van der Waals surface area contributed by atoms with E-state index in [0.717, 1.165) is 0 Å². The van der Waals surface area contributed by atoms with E-state index in [2.05, 4.69) is 9.97 Å². The summed E-state index contributed by atoms with van der Waals surface area (Å²) in [5.41, 5.74) is 0.380. The molecule has 0 saturated carbocycles. The first-order valence-electron chi connectivity index (χ1n) is 5.84. The van der Waals surface area contributed by atoms with Crippen molar-refractivity contribution < 1.29 is 19.0 Å². The lowest BCUT2D eigenvalue weighted by Gasteiger charge is -2.08. The minimum absolute atomic E-state index is 0.00861. The number of para-hydroxylation sites is 1. The van der Waals surface area contributed by atoms with Crippen molar-refractivity contribution in [2.75, 3.05) is 21.3 Å². The van der Waals surface area contributed by atoms with Crippen LogP contribution in [0.4, 0.5) is 0 Å². The molecule has 0 unspecified atom stereocenters. The molecule has 1 heterocycles. The van der Waals surface area contributed by atoms with Crippen LogP contribution >= 0.6 is 0 Å². The van der Waals surface area contributed by atoms with Crippen LogP contribution in [0.15, 0.2) is 30.3 Å². The molecule has 1 aromatic heterocycles. The van der Waals surface area contributed by atoms with E-state index in [1.807, 2.05) is 0 Å². The van der Waals surface area contributed by atoms with Crippen LogP contribution in [0, 0.1) is 0 Å². The average Bonchev–Trinajstić information content (AvgIpc) is 2.53. The number of carbonyl (C=O) groups is 1. The molecular formula is C14H14N2O4. The van der Waals surface area contributed by atoms with Gasteiger partial charge in [-0.3, -0.25) is 4.79 Å². The number of benzene rings is 1. The van der Waals surface area contributed by atoms with Crippen LogP contribution in [0.2, 0.25) is 0 Å². The molecule has 0 aliphatic carbocycles. The van der Waals surface area contributed by atoms with Gasteiger partial charge in [0.05, 0.1) is 33.0 Å². The average molecular weight is 274 g/mol. The fraction of sp³-hybridized carbons (Fsp3) is 0.214. The first-order valence-corrected chi connectivity index (χ1v) is 5.84. The summed E-state index contributed by atoms with van der Waals surface area (Å²) in [5, 5.41) is 0. The second-order valence-corrected chi connectivity index (χ2v) is 3.81. The normalized spacial score (nSPS) is 9.95. The minimum atomic E-state index is -0.361. The summed E-state index contributed by atoms with van der Waals surface area (Å²) in [5.74, 6) is 0.610. The molecule has 0 aliphatic heterocycles. The Balaban J connectivity index is 2.47. The van der Waals surface area contributed by atoms with E-state index in [1.54, 1.807) is 24.3 Å². The molecule has 0 aliphatic rings. The molecular weight excluding hydrogens is 260 g/mol. The van der Waals surface area contributed by atoms with Crippen molar-refractivity contribution in [3.05, 3.63) is 41.7 Å². The molecule has 0 spiro atoms. The molecule has 0 bridgehead atoms. The second kappa shape index (κ2) is 6.01. The molecule has 1 aromatic carbocycles. The van der Waals surface area contributed by atoms with Gasteiger partial charge < -0.3 is 14.2 Å². The van der Waals surface area contributed by atoms with Crippen LogP contribution in [0.3, 0.4) is 0 Å². The van der Waals surface area contributed by atoms with Gasteiger partial charge in [0.2, 0.25) is 23.4 Å². The summed E-state index contributed by atoms with van der Waals surface area (Å²) in [6.45, 7) is 0. The number of methoxy groups -OCH3 is 3. The predicted octanol–water partition coefficient (Wildman–Crippen LogP) is 1.73. The zero-order chi connectivity index (χ0) is 14.5. The molecule has 0 N–H and O–H groups in total. The van der Waals surface area contributed by atoms with E-state index in [1.165, 1.54) is 27.4 Å². The third-order valence-electron chi connectivity index (χ3n) is 2.65. The standard InChI is InChI=1S/C14H14N2O4/c1-18-10-7-5-4-6-9(10)13(17)14-15-11(19-2)8-12(16-14)20-3/h4-8H,1-3H3. The summed E-state index contributed by atoms with van der Waals surface area (Å²) in [6.07, 6.45) is 0. The zero-order valence-electron chi connectivity index (χ0n) is 11.4. The highest BCUT2D eigenvalue weighted by molar-refractivity contribution is 6.08. The Morgan fingerprint density at radius 2 is 1.55 bits per heavy atom. The molecule has 6 heteroatoms. The lowest BCUT2D eigenvalue weighted by Crippen LogP contribution is -2.10. The molecule has 6 nitrogen and oxygen atoms in total. The maximum Gasteiger partial charge on any atom is 0.234 e. The predicted molar refractivity (Wildman–Crippen MR) is 71.6 cm³/mol. The largest absolute Gasteiger partial charge is 0.496 e. The fourth-order valence-corrected chi connectivity index (χ4v) is 1.67. The maximum absolute atomic E-state index is 12.4. The third-order valence-corrected chi connectivity index (χ3v) is 2.65. The molecule has 0 radical (unpaired) electrons. The van der Waals surface area contributed by atoms with Gasteiger partial charge in [0.1, 0.15) is 5.75 Å². The lowest BCUT2D eigenvalue weighted by molar-refractivity contribution is 0.102. The molecule has 104 valence electrons. The van der Waals surface area contributed by atoms with E-state index in [-0.39, 0.29) is 23.4 Å². The van der Waals surface area contributed by atoms with Gasteiger partial charge in [0.25, 0.3) is 0 Å². The van der Waals surface area contributed by atoms with Crippen LogP contribution in [-0.2, 0) is 0 Å². The van der Waals surface area contributed by atoms with Gasteiger partial charge >= 0.3 is 0 Å². The van der Waals surface area contributed by atoms with Gasteiger partial charge in [-0.1, -0.05) is 12.1 Å². The van der Waals surface area contributed by atoms with Crippen molar-refractivity contribution in [2.45, 2.75) is 0 Å². The highest BCUT2D eigenvalue weighted by atomic mass is 16.5. The van der Waals surface area contributed by atoms with Crippen molar-refractivity contribution in [1.82, 2.24) is 9.97 Å². The Morgan fingerprint density at radius 3 is 2.10 bits per heavy atom. The van der Waals surface area contributed by atoms with E-state index in [4.69, 9.17) is 14.2 Å². The van der Waals surface area contributed by atoms with Crippen molar-refractivity contribution in [3.8, 4) is 17.5 Å². The molecule has 0 amide bonds. The Kier molecular flexibility index (Phi) is 4.14. The quantitative estimate of drug-likeness (QED) is 0.773. The Bertz CT molecular complexity index is 606. The van der Waals surface area contributed by atoms with Crippen molar-refractivity contribution in [3.63, 3.8) is 0 Å². The Morgan fingerprint density at radius 1 is 0.950 bits per heavy atom. The summed E-state index contributed by atoms with van der Waals surface area (Å²) in [6, 6.07) is 8.37. The van der Waals surface area contributed by atoms with Gasteiger partial charge in [-0.2, -0.15) is 9.97 Å². The van der Waals surface area contributed by atoms with Gasteiger partial charge in [-0.25, -0.2) is 0 Å². The van der Waals surface area contributed by atoms with Crippen molar-refractivity contribution in [2.24, 2.45) is 0 Å². The van der Waals surface area contributed by atoms with Crippen LogP contribution in [-0.4, -0.2) is 37.1 Å². The number of ether oxygens (including phenoxy) is 3. The number of hydrogen-bond acceptors (Lipinski definition) is 6. The number of nitrogens with zero attached hydrogens (tertiary/aromatic N) is 2. The lowest BCUT2D eigenvalue weighted by atomic mass is 10.1. The minimum Gasteiger partial charge on any atom is -0.496 e. The number of carbonyl (C=O) groups excluding carboxylic acids is 1. The summed E-state index contributed by atoms with van der Waals surface area (Å²) < 4.78 is 15.2. The fourth-order valence-electron chi connectivity index (χ4n) is 1.67. The number of ketones is 1. The number of aromatic nitrogens is 2. The molecule has 2 aromatic rings. The van der Waals surface area contributed by atoms with Crippen LogP contribution in [0.5, 0.6) is 17.5 Å².